The molecule has 0 saturated carbocycles. The minimum Gasteiger partial charge on any atom is -0.464 e. The van der Waals surface area contributed by atoms with Crippen molar-refractivity contribution in [3.05, 3.63) is 93.1 Å². The molecule has 31 heavy (non-hydrogen) atoms. The molecule has 0 unspecified atom stereocenters. The molecule has 0 aliphatic heterocycles. The summed E-state index contributed by atoms with van der Waals surface area (Å²) in [5, 5.41) is 2.14. The lowest BCUT2D eigenvalue weighted by molar-refractivity contribution is 0.0591. The Morgan fingerprint density at radius 2 is 1.23 bits per heavy atom. The summed E-state index contributed by atoms with van der Waals surface area (Å²) in [6, 6.07) is 24.4. The van der Waals surface area contributed by atoms with E-state index in [1.54, 1.807) is 0 Å². The second-order valence-electron chi connectivity index (χ2n) is 7.28. The fourth-order valence-electron chi connectivity index (χ4n) is 4.16. The first kappa shape index (κ1) is 20.1. The lowest BCUT2D eigenvalue weighted by Crippen LogP contribution is -2.10. The van der Waals surface area contributed by atoms with Crippen molar-refractivity contribution in [2.45, 2.75) is 6.92 Å². The van der Waals surface area contributed by atoms with Crippen LogP contribution < -0.4 is 0 Å². The molecule has 5 aromatic rings. The number of hydrogen-bond acceptors (Lipinski definition) is 2. The first-order valence-electron chi connectivity index (χ1n) is 9.76. The molecule has 3 aromatic carbocycles. The van der Waals surface area contributed by atoms with E-state index in [1.807, 2.05) is 53.1 Å². The summed E-state index contributed by atoms with van der Waals surface area (Å²) in [5.74, 6) is -0.386. The number of halogens is 2. The summed E-state index contributed by atoms with van der Waals surface area (Å²) < 4.78 is 11.1. The molecular weight excluding hydrogens is 520 g/mol. The molecule has 0 spiro atoms. The van der Waals surface area contributed by atoms with Crippen LogP contribution in [0.1, 0.15) is 16.2 Å². The Bertz CT molecular complexity index is 1460. The van der Waals surface area contributed by atoms with Crippen LogP contribution in [0.4, 0.5) is 0 Å². The third-order valence-corrected chi connectivity index (χ3v) is 7.40. The van der Waals surface area contributed by atoms with Gasteiger partial charge in [0.15, 0.2) is 0 Å². The largest absolute Gasteiger partial charge is 0.464 e. The van der Waals surface area contributed by atoms with Gasteiger partial charge >= 0.3 is 5.97 Å². The zero-order valence-electron chi connectivity index (χ0n) is 16.9. The summed E-state index contributed by atoms with van der Waals surface area (Å²) in [7, 11) is 1.40. The van der Waals surface area contributed by atoms with Gasteiger partial charge in [0.05, 0.1) is 22.6 Å². The van der Waals surface area contributed by atoms with Crippen molar-refractivity contribution in [2.75, 3.05) is 7.11 Å². The van der Waals surface area contributed by atoms with E-state index in [0.29, 0.717) is 5.69 Å². The number of carbonyl (C=O) groups is 1. The van der Waals surface area contributed by atoms with Crippen LogP contribution in [-0.2, 0) is 4.74 Å². The van der Waals surface area contributed by atoms with Crippen molar-refractivity contribution in [2.24, 2.45) is 0 Å². The van der Waals surface area contributed by atoms with E-state index in [-0.39, 0.29) is 5.97 Å². The molecule has 0 N–H and O–H groups in total. The average molecular weight is 538 g/mol. The highest BCUT2D eigenvalue weighted by molar-refractivity contribution is 9.11. The zero-order valence-corrected chi connectivity index (χ0v) is 20.1. The summed E-state index contributed by atoms with van der Waals surface area (Å²) in [4.78, 5) is 12.6. The fourth-order valence-corrected chi connectivity index (χ4v) is 5.34. The average Bonchev–Trinajstić information content (AvgIpc) is 3.25. The minimum atomic E-state index is -0.386. The second kappa shape index (κ2) is 7.70. The predicted molar refractivity (Wildman–Crippen MR) is 132 cm³/mol. The van der Waals surface area contributed by atoms with Crippen LogP contribution in [0.2, 0.25) is 0 Å². The van der Waals surface area contributed by atoms with Crippen molar-refractivity contribution in [3.63, 3.8) is 0 Å². The van der Waals surface area contributed by atoms with Gasteiger partial charge in [-0.1, -0.05) is 36.4 Å². The number of aromatic nitrogens is 2. The molecule has 6 heteroatoms. The van der Waals surface area contributed by atoms with Crippen molar-refractivity contribution < 1.29 is 9.53 Å². The topological polar surface area (TPSA) is 36.2 Å². The van der Waals surface area contributed by atoms with E-state index in [4.69, 9.17) is 4.74 Å². The number of esters is 1. The van der Waals surface area contributed by atoms with E-state index in [1.165, 1.54) is 12.5 Å². The fraction of sp³-hybridized carbons (Fsp3) is 0.0800. The highest BCUT2D eigenvalue weighted by Gasteiger charge is 2.23. The molecule has 4 nitrogen and oxygen atoms in total. The zero-order chi connectivity index (χ0) is 21.7. The monoisotopic (exact) mass is 536 g/mol. The Morgan fingerprint density at radius 1 is 0.742 bits per heavy atom. The number of carbonyl (C=O) groups excluding carboxylic acids is 1. The SMILES string of the molecule is COC(=O)c1c(Br)c2ccccc2n1-c1ccc(-n2c(C)c(Br)c3ccccc32)cc1. The quantitative estimate of drug-likeness (QED) is 0.228. The van der Waals surface area contributed by atoms with E-state index in [0.717, 1.165) is 42.4 Å². The molecule has 154 valence electrons. The number of ether oxygens (including phenoxy) is 1. The summed E-state index contributed by atoms with van der Waals surface area (Å²) >= 11 is 7.33. The molecule has 2 aromatic heterocycles. The van der Waals surface area contributed by atoms with Crippen LogP contribution in [0.5, 0.6) is 0 Å². The highest BCUT2D eigenvalue weighted by atomic mass is 79.9. The Kier molecular flexibility index (Phi) is 4.99. The van der Waals surface area contributed by atoms with Gasteiger partial charge in [-0.3, -0.25) is 0 Å². The van der Waals surface area contributed by atoms with E-state index < -0.39 is 0 Å². The Labute approximate surface area is 196 Å². The smallest absolute Gasteiger partial charge is 0.356 e. The van der Waals surface area contributed by atoms with Gasteiger partial charge in [0.1, 0.15) is 5.69 Å². The molecule has 0 radical (unpaired) electrons. The van der Waals surface area contributed by atoms with Crippen LogP contribution in [0.25, 0.3) is 33.2 Å². The van der Waals surface area contributed by atoms with Gasteiger partial charge in [-0.05, 0) is 75.2 Å². The molecule has 0 bridgehead atoms. The molecule has 5 rings (SSSR count). The van der Waals surface area contributed by atoms with Crippen molar-refractivity contribution in [3.8, 4) is 11.4 Å². The van der Waals surface area contributed by atoms with Crippen LogP contribution in [0.15, 0.2) is 81.7 Å². The lowest BCUT2D eigenvalue weighted by Gasteiger charge is -2.13. The van der Waals surface area contributed by atoms with E-state index >= 15 is 0 Å². The third kappa shape index (κ3) is 3.05. The van der Waals surface area contributed by atoms with Gasteiger partial charge in [0.2, 0.25) is 0 Å². The van der Waals surface area contributed by atoms with Crippen LogP contribution >= 0.6 is 31.9 Å². The molecule has 0 aliphatic carbocycles. The van der Waals surface area contributed by atoms with Gasteiger partial charge in [-0.15, -0.1) is 0 Å². The molecule has 0 amide bonds. The first-order chi connectivity index (χ1) is 15.0. The van der Waals surface area contributed by atoms with Crippen LogP contribution in [0, 0.1) is 6.92 Å². The number of methoxy groups -OCH3 is 1. The molecule has 0 fully saturated rings. The number of benzene rings is 3. The van der Waals surface area contributed by atoms with E-state index in [9.17, 15) is 4.79 Å². The van der Waals surface area contributed by atoms with Crippen molar-refractivity contribution in [1.29, 1.82) is 0 Å². The Hall–Kier alpha value is -2.83. The summed E-state index contributed by atoms with van der Waals surface area (Å²) in [6.07, 6.45) is 0. The second-order valence-corrected chi connectivity index (χ2v) is 8.86. The predicted octanol–water partition coefficient (Wildman–Crippen LogP) is 7.19. The number of para-hydroxylation sites is 2. The Morgan fingerprint density at radius 3 is 1.81 bits per heavy atom. The molecule has 0 aliphatic rings. The standard InChI is InChI=1S/C25H18Br2N2O2/c1-15-22(26)18-7-3-5-9-20(18)28(15)16-11-13-17(14-12-16)29-21-10-6-4-8-19(21)23(27)24(29)25(30)31-2/h3-14H,1-2H3. The normalized spacial score (nSPS) is 11.4. The molecule has 2 heterocycles. The van der Waals surface area contributed by atoms with Crippen LogP contribution in [-0.4, -0.2) is 22.2 Å². The van der Waals surface area contributed by atoms with Gasteiger partial charge in [-0.25, -0.2) is 4.79 Å². The van der Waals surface area contributed by atoms with E-state index in [2.05, 4.69) is 67.6 Å². The molecule has 0 atom stereocenters. The minimum absolute atomic E-state index is 0.386. The lowest BCUT2D eigenvalue weighted by atomic mass is 10.2. The first-order valence-corrected chi connectivity index (χ1v) is 11.3. The van der Waals surface area contributed by atoms with Crippen molar-refractivity contribution in [1.82, 2.24) is 9.13 Å². The summed E-state index contributed by atoms with van der Waals surface area (Å²) in [5.41, 5.74) is 5.63. The number of nitrogens with zero attached hydrogens (tertiary/aromatic N) is 2. The Balaban J connectivity index is 1.70. The highest BCUT2D eigenvalue weighted by Crippen LogP contribution is 2.36. The number of rotatable bonds is 3. The van der Waals surface area contributed by atoms with Gasteiger partial charge < -0.3 is 13.9 Å². The maximum absolute atomic E-state index is 12.6. The summed E-state index contributed by atoms with van der Waals surface area (Å²) in [6.45, 7) is 2.10. The molecular formula is C25H18Br2N2O2. The maximum atomic E-state index is 12.6. The van der Waals surface area contributed by atoms with Crippen molar-refractivity contribution >= 4 is 59.6 Å². The molecule has 0 saturated heterocycles. The van der Waals surface area contributed by atoms with Gasteiger partial charge in [-0.2, -0.15) is 0 Å². The van der Waals surface area contributed by atoms with Crippen LogP contribution in [0.3, 0.4) is 0 Å². The number of hydrogen-bond donors (Lipinski definition) is 0. The maximum Gasteiger partial charge on any atom is 0.356 e. The number of fused-ring (bicyclic) bond motifs is 2. The van der Waals surface area contributed by atoms with Gasteiger partial charge in [0.25, 0.3) is 0 Å². The third-order valence-electron chi connectivity index (χ3n) is 5.59. The van der Waals surface area contributed by atoms with Gasteiger partial charge in [0, 0.05) is 32.3 Å².